The molecule has 1 aromatic carbocycles. The van der Waals surface area contributed by atoms with Crippen molar-refractivity contribution in [3.63, 3.8) is 0 Å². The van der Waals surface area contributed by atoms with E-state index in [-0.39, 0.29) is 0 Å². The smallest absolute Gasteiger partial charge is 0.0940 e. The van der Waals surface area contributed by atoms with E-state index in [2.05, 4.69) is 24.4 Å². The molecule has 0 bridgehead atoms. The first-order valence-corrected chi connectivity index (χ1v) is 5.79. The number of benzene rings is 1. The van der Waals surface area contributed by atoms with E-state index in [1.165, 1.54) is 10.1 Å². The maximum atomic E-state index is 10.3. The molecule has 1 aliphatic rings. The molecule has 2 atom stereocenters. The second kappa shape index (κ2) is 2.59. The van der Waals surface area contributed by atoms with Gasteiger partial charge in [0.05, 0.1) is 5.60 Å². The highest BCUT2D eigenvalue weighted by Crippen LogP contribution is 2.54. The number of thiophene rings is 1. The van der Waals surface area contributed by atoms with Crippen LogP contribution in [0, 0.1) is 5.92 Å². The number of fused-ring (bicyclic) bond motifs is 1. The lowest BCUT2D eigenvalue weighted by atomic mass is 10.1. The first kappa shape index (κ1) is 8.45. The largest absolute Gasteiger partial charge is 0.385 e. The van der Waals surface area contributed by atoms with Gasteiger partial charge in [-0.1, -0.05) is 25.1 Å². The molecular formula is C12H12OS. The van der Waals surface area contributed by atoms with E-state index in [1.807, 2.05) is 12.1 Å². The average molecular weight is 204 g/mol. The van der Waals surface area contributed by atoms with Crippen LogP contribution in [0.25, 0.3) is 10.1 Å². The van der Waals surface area contributed by atoms with Gasteiger partial charge in [-0.2, -0.15) is 0 Å². The predicted octanol–water partition coefficient (Wildman–Crippen LogP) is 3.13. The fourth-order valence-electron chi connectivity index (χ4n) is 2.10. The molecule has 72 valence electrons. The third kappa shape index (κ3) is 0.983. The lowest BCUT2D eigenvalue weighted by Crippen LogP contribution is -2.05. The van der Waals surface area contributed by atoms with Crippen LogP contribution in [0.5, 0.6) is 0 Å². The maximum absolute atomic E-state index is 10.3. The van der Waals surface area contributed by atoms with E-state index in [4.69, 9.17) is 0 Å². The quantitative estimate of drug-likeness (QED) is 0.756. The van der Waals surface area contributed by atoms with Gasteiger partial charge in [-0.25, -0.2) is 0 Å². The number of hydrogen-bond donors (Lipinski definition) is 1. The minimum atomic E-state index is -0.528. The Morgan fingerprint density at radius 2 is 2.14 bits per heavy atom. The molecule has 1 N–H and O–H groups in total. The molecule has 14 heavy (non-hydrogen) atoms. The zero-order chi connectivity index (χ0) is 9.76. The highest BCUT2D eigenvalue weighted by Gasteiger charge is 2.51. The van der Waals surface area contributed by atoms with Gasteiger partial charge < -0.3 is 5.11 Å². The van der Waals surface area contributed by atoms with Crippen molar-refractivity contribution >= 4 is 21.4 Å². The summed E-state index contributed by atoms with van der Waals surface area (Å²) < 4.78 is 1.27. The van der Waals surface area contributed by atoms with Crippen molar-refractivity contribution in [2.45, 2.75) is 18.9 Å². The molecule has 1 aromatic heterocycles. The maximum Gasteiger partial charge on any atom is 0.0940 e. The Bertz CT molecular complexity index is 488. The lowest BCUT2D eigenvalue weighted by Gasteiger charge is -2.07. The van der Waals surface area contributed by atoms with Crippen LogP contribution in [0.1, 0.15) is 18.9 Å². The Hall–Kier alpha value is -0.860. The van der Waals surface area contributed by atoms with Gasteiger partial charge in [0.15, 0.2) is 0 Å². The fraction of sp³-hybridized carbons (Fsp3) is 0.333. The zero-order valence-corrected chi connectivity index (χ0v) is 8.84. The van der Waals surface area contributed by atoms with E-state index in [0.717, 1.165) is 12.0 Å². The van der Waals surface area contributed by atoms with Crippen molar-refractivity contribution in [2.75, 3.05) is 0 Å². The van der Waals surface area contributed by atoms with Gasteiger partial charge in [0, 0.05) is 10.3 Å². The molecule has 0 saturated heterocycles. The first-order chi connectivity index (χ1) is 6.72. The average Bonchev–Trinajstić information content (AvgIpc) is 2.67. The van der Waals surface area contributed by atoms with E-state index < -0.39 is 5.60 Å². The van der Waals surface area contributed by atoms with Gasteiger partial charge in [0.25, 0.3) is 0 Å². The molecule has 0 aliphatic heterocycles. The minimum absolute atomic E-state index is 0.417. The van der Waals surface area contributed by atoms with Crippen molar-refractivity contribution in [3.8, 4) is 0 Å². The molecule has 2 heteroatoms. The van der Waals surface area contributed by atoms with Crippen LogP contribution in [-0.4, -0.2) is 5.11 Å². The summed E-state index contributed by atoms with van der Waals surface area (Å²) in [5.41, 5.74) is 0.602. The van der Waals surface area contributed by atoms with Crippen molar-refractivity contribution < 1.29 is 5.11 Å². The Morgan fingerprint density at radius 3 is 2.86 bits per heavy atom. The summed E-state index contributed by atoms with van der Waals surface area (Å²) in [5.74, 6) is 0.417. The van der Waals surface area contributed by atoms with E-state index in [9.17, 15) is 5.11 Å². The summed E-state index contributed by atoms with van der Waals surface area (Å²) in [6, 6.07) is 8.29. The third-order valence-corrected chi connectivity index (χ3v) is 4.18. The van der Waals surface area contributed by atoms with Crippen LogP contribution >= 0.6 is 11.3 Å². The molecule has 0 spiro atoms. The van der Waals surface area contributed by atoms with Gasteiger partial charge in [0.2, 0.25) is 0 Å². The summed E-state index contributed by atoms with van der Waals surface area (Å²) in [4.78, 5) is 0. The highest BCUT2D eigenvalue weighted by atomic mass is 32.1. The summed E-state index contributed by atoms with van der Waals surface area (Å²) >= 11 is 1.72. The number of aliphatic hydroxyl groups is 1. The van der Waals surface area contributed by atoms with Gasteiger partial charge >= 0.3 is 0 Å². The number of hydrogen-bond acceptors (Lipinski definition) is 2. The van der Waals surface area contributed by atoms with Gasteiger partial charge in [-0.15, -0.1) is 11.3 Å². The SMILES string of the molecule is CC1CC1(O)c1csc2ccccc12. The topological polar surface area (TPSA) is 20.2 Å². The summed E-state index contributed by atoms with van der Waals surface area (Å²) in [7, 11) is 0. The molecule has 1 saturated carbocycles. The van der Waals surface area contributed by atoms with Crippen LogP contribution in [-0.2, 0) is 5.60 Å². The molecule has 2 aromatic rings. The molecule has 1 nitrogen and oxygen atoms in total. The van der Waals surface area contributed by atoms with Crippen molar-refractivity contribution in [1.29, 1.82) is 0 Å². The van der Waals surface area contributed by atoms with Gasteiger partial charge in [-0.3, -0.25) is 0 Å². The second-order valence-electron chi connectivity index (χ2n) is 4.17. The monoisotopic (exact) mass is 204 g/mol. The highest BCUT2D eigenvalue weighted by molar-refractivity contribution is 7.17. The summed E-state index contributed by atoms with van der Waals surface area (Å²) in [6.45, 7) is 2.10. The Labute approximate surface area is 87.0 Å². The van der Waals surface area contributed by atoms with Gasteiger partial charge in [0.1, 0.15) is 0 Å². The summed E-state index contributed by atoms with van der Waals surface area (Å²) in [6.07, 6.45) is 0.910. The van der Waals surface area contributed by atoms with E-state index in [1.54, 1.807) is 11.3 Å². The van der Waals surface area contributed by atoms with E-state index in [0.29, 0.717) is 5.92 Å². The molecule has 2 unspecified atom stereocenters. The van der Waals surface area contributed by atoms with Crippen LogP contribution in [0.3, 0.4) is 0 Å². The van der Waals surface area contributed by atoms with Crippen molar-refractivity contribution in [1.82, 2.24) is 0 Å². The van der Waals surface area contributed by atoms with Crippen LogP contribution in [0.15, 0.2) is 29.6 Å². The predicted molar refractivity (Wildman–Crippen MR) is 59.5 cm³/mol. The molecule has 3 rings (SSSR count). The molecule has 0 amide bonds. The zero-order valence-electron chi connectivity index (χ0n) is 8.03. The lowest BCUT2D eigenvalue weighted by molar-refractivity contribution is 0.137. The van der Waals surface area contributed by atoms with Crippen molar-refractivity contribution in [2.24, 2.45) is 5.92 Å². The Balaban J connectivity index is 2.23. The molecule has 0 radical (unpaired) electrons. The van der Waals surface area contributed by atoms with Crippen molar-refractivity contribution in [3.05, 3.63) is 35.2 Å². The Morgan fingerprint density at radius 1 is 1.43 bits per heavy atom. The van der Waals surface area contributed by atoms with Crippen LogP contribution in [0.4, 0.5) is 0 Å². The van der Waals surface area contributed by atoms with E-state index >= 15 is 0 Å². The molecule has 1 heterocycles. The first-order valence-electron chi connectivity index (χ1n) is 4.91. The van der Waals surface area contributed by atoms with Gasteiger partial charge in [-0.05, 0) is 29.2 Å². The molecule has 1 aliphatic carbocycles. The molecular weight excluding hydrogens is 192 g/mol. The Kier molecular flexibility index (Phi) is 1.56. The standard InChI is InChI=1S/C12H12OS/c1-8-6-12(8,13)10-7-14-11-5-3-2-4-9(10)11/h2-5,7-8,13H,6H2,1H3. The third-order valence-electron chi connectivity index (χ3n) is 3.22. The number of rotatable bonds is 1. The fourth-order valence-corrected chi connectivity index (χ4v) is 3.13. The second-order valence-corrected chi connectivity index (χ2v) is 5.09. The van der Waals surface area contributed by atoms with Crippen LogP contribution in [0.2, 0.25) is 0 Å². The molecule has 1 fully saturated rings. The normalized spacial score (nSPS) is 30.9. The van der Waals surface area contributed by atoms with Crippen LogP contribution < -0.4 is 0 Å². The summed E-state index contributed by atoms with van der Waals surface area (Å²) in [5, 5.41) is 13.6. The minimum Gasteiger partial charge on any atom is -0.385 e.